The van der Waals surface area contributed by atoms with Crippen LogP contribution in [0.3, 0.4) is 0 Å². The van der Waals surface area contributed by atoms with Crippen molar-refractivity contribution in [1.82, 2.24) is 9.62 Å². The zero-order valence-electron chi connectivity index (χ0n) is 11.3. The van der Waals surface area contributed by atoms with Gasteiger partial charge in [-0.25, -0.2) is 13.1 Å². The smallest absolute Gasteiger partial charge is 0.227 e. The number of sulfonamides is 1. The molecule has 0 spiro atoms. The maximum Gasteiger partial charge on any atom is 0.227 e. The van der Waals surface area contributed by atoms with E-state index in [4.69, 9.17) is 0 Å². The average molecular weight is 302 g/mol. The summed E-state index contributed by atoms with van der Waals surface area (Å²) < 4.78 is 24.6. The van der Waals surface area contributed by atoms with Gasteiger partial charge in [-0.1, -0.05) is 0 Å². The highest BCUT2D eigenvalue weighted by atomic mass is 32.2. The maximum absolute atomic E-state index is 12.0. The lowest BCUT2D eigenvalue weighted by Crippen LogP contribution is -2.61. The second kappa shape index (κ2) is 5.22. The summed E-state index contributed by atoms with van der Waals surface area (Å²) in [7, 11) is -3.18. The third kappa shape index (κ3) is 3.77. The number of carbonyl (C=O) groups is 1. The normalized spacial score (nSPS) is 16.5. The van der Waals surface area contributed by atoms with Gasteiger partial charge in [-0.05, 0) is 25.5 Å². The summed E-state index contributed by atoms with van der Waals surface area (Å²) in [4.78, 5) is 16.0. The number of hydrogen-bond acceptors (Lipinski definition) is 4. The highest BCUT2D eigenvalue weighted by molar-refractivity contribution is 7.88. The van der Waals surface area contributed by atoms with Gasteiger partial charge in [-0.15, -0.1) is 11.3 Å². The fraction of sp³-hybridized carbons (Fsp3) is 0.583. The summed E-state index contributed by atoms with van der Waals surface area (Å²) >= 11 is 1.65. The second-order valence-corrected chi connectivity index (χ2v) is 8.15. The Morgan fingerprint density at radius 2 is 2.11 bits per heavy atom. The molecule has 0 atom stereocenters. The number of aryl methyl sites for hydroxylation is 2. The molecule has 1 aliphatic rings. The third-order valence-electron chi connectivity index (χ3n) is 3.07. The minimum absolute atomic E-state index is 0.0662. The molecular formula is C12H18N2O3S2. The molecule has 0 aromatic carbocycles. The number of carbonyl (C=O) groups excluding carboxylic acids is 1. The summed E-state index contributed by atoms with van der Waals surface area (Å²) in [5.74, 6) is 0.0662. The molecule has 1 aromatic rings. The van der Waals surface area contributed by atoms with Crippen LogP contribution >= 0.6 is 11.3 Å². The van der Waals surface area contributed by atoms with Crippen LogP contribution in [-0.2, 0) is 21.2 Å². The summed E-state index contributed by atoms with van der Waals surface area (Å²) in [6.45, 7) is 4.97. The van der Waals surface area contributed by atoms with Crippen molar-refractivity contribution >= 4 is 27.3 Å². The molecule has 0 bridgehead atoms. The molecule has 0 saturated carbocycles. The van der Waals surface area contributed by atoms with Crippen molar-refractivity contribution in [3.05, 3.63) is 21.4 Å². The Bertz CT molecular complexity index is 586. The number of likely N-dealkylation sites (tertiary alicyclic amines) is 1. The Labute approximate surface area is 117 Å². The van der Waals surface area contributed by atoms with Crippen molar-refractivity contribution in [2.75, 3.05) is 19.3 Å². The molecule has 1 aromatic heterocycles. The topological polar surface area (TPSA) is 66.5 Å². The lowest BCUT2D eigenvalue weighted by Gasteiger charge is -2.39. The predicted octanol–water partition coefficient (Wildman–Crippen LogP) is 0.667. The van der Waals surface area contributed by atoms with Crippen LogP contribution in [-0.4, -0.2) is 44.6 Å². The molecule has 2 rings (SSSR count). The standard InChI is InChI=1S/C12H18N2O3S2/c1-8-4-9(2)18-11(8)5-12(15)14-6-10(7-14)13-19(3,16)17/h4,10,13H,5-7H2,1-3H3. The van der Waals surface area contributed by atoms with E-state index in [1.165, 1.54) is 4.88 Å². The molecule has 1 aliphatic heterocycles. The van der Waals surface area contributed by atoms with Crippen LogP contribution in [0.25, 0.3) is 0 Å². The molecule has 0 aliphatic carbocycles. The lowest BCUT2D eigenvalue weighted by molar-refractivity contribution is -0.134. The molecule has 1 fully saturated rings. The van der Waals surface area contributed by atoms with Crippen LogP contribution in [0, 0.1) is 13.8 Å². The average Bonchev–Trinajstić information content (AvgIpc) is 2.49. The van der Waals surface area contributed by atoms with Crippen molar-refractivity contribution in [1.29, 1.82) is 0 Å². The number of rotatable bonds is 4. The van der Waals surface area contributed by atoms with Gasteiger partial charge in [-0.2, -0.15) is 0 Å². The van der Waals surface area contributed by atoms with E-state index in [0.717, 1.165) is 16.7 Å². The SMILES string of the molecule is Cc1cc(C)c(CC(=O)N2CC(NS(C)(=O)=O)C2)s1. The minimum Gasteiger partial charge on any atom is -0.339 e. The first-order valence-corrected chi connectivity index (χ1v) is 8.76. The minimum atomic E-state index is -3.18. The van der Waals surface area contributed by atoms with Crippen LogP contribution in [0.1, 0.15) is 15.3 Å². The summed E-state index contributed by atoms with van der Waals surface area (Å²) in [6, 6.07) is 1.95. The Balaban J connectivity index is 1.85. The molecule has 0 radical (unpaired) electrons. The second-order valence-electron chi connectivity index (χ2n) is 5.03. The monoisotopic (exact) mass is 302 g/mol. The first kappa shape index (κ1) is 14.5. The van der Waals surface area contributed by atoms with Crippen molar-refractivity contribution < 1.29 is 13.2 Å². The molecule has 19 heavy (non-hydrogen) atoms. The summed E-state index contributed by atoms with van der Waals surface area (Å²) in [6.07, 6.45) is 1.55. The molecule has 1 saturated heterocycles. The zero-order chi connectivity index (χ0) is 14.2. The molecule has 106 valence electrons. The zero-order valence-corrected chi connectivity index (χ0v) is 12.9. The number of hydrogen-bond donors (Lipinski definition) is 1. The van der Waals surface area contributed by atoms with Crippen LogP contribution in [0.2, 0.25) is 0 Å². The van der Waals surface area contributed by atoms with E-state index in [2.05, 4.69) is 10.8 Å². The van der Waals surface area contributed by atoms with Gasteiger partial charge in [0.2, 0.25) is 15.9 Å². The third-order valence-corrected chi connectivity index (χ3v) is 4.98. The quantitative estimate of drug-likeness (QED) is 0.889. The highest BCUT2D eigenvalue weighted by Gasteiger charge is 2.32. The Morgan fingerprint density at radius 1 is 1.47 bits per heavy atom. The fourth-order valence-corrected chi connectivity index (χ4v) is 3.97. The van der Waals surface area contributed by atoms with Crippen molar-refractivity contribution in [2.45, 2.75) is 26.3 Å². The molecular weight excluding hydrogens is 284 g/mol. The molecule has 2 heterocycles. The van der Waals surface area contributed by atoms with E-state index in [0.29, 0.717) is 19.5 Å². The van der Waals surface area contributed by atoms with Crippen molar-refractivity contribution in [3.8, 4) is 0 Å². The summed E-state index contributed by atoms with van der Waals surface area (Å²) in [5.41, 5.74) is 1.15. The van der Waals surface area contributed by atoms with E-state index in [1.54, 1.807) is 16.2 Å². The molecule has 7 heteroatoms. The van der Waals surface area contributed by atoms with E-state index < -0.39 is 10.0 Å². The van der Waals surface area contributed by atoms with Crippen LogP contribution in [0.4, 0.5) is 0 Å². The Hall–Kier alpha value is -0.920. The van der Waals surface area contributed by atoms with Crippen molar-refractivity contribution in [3.63, 3.8) is 0 Å². The number of nitrogens with zero attached hydrogens (tertiary/aromatic N) is 1. The molecule has 5 nitrogen and oxygen atoms in total. The Kier molecular flexibility index (Phi) is 3.98. The fourth-order valence-electron chi connectivity index (χ4n) is 2.17. The largest absolute Gasteiger partial charge is 0.339 e. The van der Waals surface area contributed by atoms with Gasteiger partial charge in [0, 0.05) is 22.8 Å². The first-order chi connectivity index (χ1) is 8.74. The first-order valence-electron chi connectivity index (χ1n) is 6.05. The maximum atomic E-state index is 12.0. The van der Waals surface area contributed by atoms with Crippen LogP contribution in [0.5, 0.6) is 0 Å². The van der Waals surface area contributed by atoms with Gasteiger partial charge in [0.1, 0.15) is 0 Å². The van der Waals surface area contributed by atoms with E-state index in [9.17, 15) is 13.2 Å². The molecule has 1 amide bonds. The van der Waals surface area contributed by atoms with E-state index in [-0.39, 0.29) is 11.9 Å². The highest BCUT2D eigenvalue weighted by Crippen LogP contribution is 2.23. The van der Waals surface area contributed by atoms with Gasteiger partial charge < -0.3 is 4.90 Å². The molecule has 0 unspecified atom stereocenters. The number of amides is 1. The molecule has 1 N–H and O–H groups in total. The van der Waals surface area contributed by atoms with Gasteiger partial charge >= 0.3 is 0 Å². The van der Waals surface area contributed by atoms with Crippen molar-refractivity contribution in [2.24, 2.45) is 0 Å². The van der Waals surface area contributed by atoms with Gasteiger partial charge in [0.05, 0.1) is 18.7 Å². The number of thiophene rings is 1. The van der Waals surface area contributed by atoms with E-state index in [1.807, 2.05) is 13.8 Å². The summed E-state index contributed by atoms with van der Waals surface area (Å²) in [5, 5.41) is 0. The van der Waals surface area contributed by atoms with Gasteiger partial charge in [0.25, 0.3) is 0 Å². The van der Waals surface area contributed by atoms with Crippen LogP contribution in [0.15, 0.2) is 6.07 Å². The predicted molar refractivity (Wildman–Crippen MR) is 75.8 cm³/mol. The van der Waals surface area contributed by atoms with Gasteiger partial charge in [-0.3, -0.25) is 4.79 Å². The lowest BCUT2D eigenvalue weighted by atomic mass is 10.1. The Morgan fingerprint density at radius 3 is 2.58 bits per heavy atom. The number of nitrogens with one attached hydrogen (secondary N) is 1. The van der Waals surface area contributed by atoms with Crippen LogP contribution < -0.4 is 4.72 Å². The van der Waals surface area contributed by atoms with E-state index >= 15 is 0 Å². The van der Waals surface area contributed by atoms with Gasteiger partial charge in [0.15, 0.2) is 0 Å².